The van der Waals surface area contributed by atoms with Crippen LogP contribution in [-0.4, -0.2) is 19.8 Å². The van der Waals surface area contributed by atoms with Crippen molar-refractivity contribution >= 4 is 11.8 Å². The molecule has 1 nitrogen and oxygen atoms in total. The summed E-state index contributed by atoms with van der Waals surface area (Å²) < 4.78 is 0. The van der Waals surface area contributed by atoms with E-state index in [0.29, 0.717) is 0 Å². The van der Waals surface area contributed by atoms with Crippen LogP contribution in [0.4, 0.5) is 0 Å². The third-order valence-electron chi connectivity index (χ3n) is 3.75. The second-order valence-electron chi connectivity index (χ2n) is 5.37. The summed E-state index contributed by atoms with van der Waals surface area (Å²) in [6.07, 6.45) is 6.86. The van der Waals surface area contributed by atoms with Crippen LogP contribution < -0.4 is 5.32 Å². The summed E-state index contributed by atoms with van der Waals surface area (Å²) in [5.41, 5.74) is 4.27. The predicted molar refractivity (Wildman–Crippen MR) is 94.3 cm³/mol. The molecular formula is C19H25NS. The Bertz CT molecular complexity index is 534. The summed E-state index contributed by atoms with van der Waals surface area (Å²) in [6, 6.07) is 17.8. The number of thioether (sulfide) groups is 1. The first-order valence-electron chi connectivity index (χ1n) is 7.68. The van der Waals surface area contributed by atoms with Crippen LogP contribution in [-0.2, 0) is 12.8 Å². The van der Waals surface area contributed by atoms with Gasteiger partial charge in [0.1, 0.15) is 0 Å². The minimum Gasteiger partial charge on any atom is -0.320 e. The molecule has 112 valence electrons. The van der Waals surface area contributed by atoms with Gasteiger partial charge in [-0.3, -0.25) is 0 Å². The van der Waals surface area contributed by atoms with Crippen LogP contribution in [0.25, 0.3) is 0 Å². The van der Waals surface area contributed by atoms with E-state index in [9.17, 15) is 0 Å². The second-order valence-corrected chi connectivity index (χ2v) is 6.21. The van der Waals surface area contributed by atoms with Crippen molar-refractivity contribution in [3.63, 3.8) is 0 Å². The van der Waals surface area contributed by atoms with E-state index in [4.69, 9.17) is 0 Å². The maximum Gasteiger partial charge on any atom is 0.0105 e. The van der Waals surface area contributed by atoms with Crippen LogP contribution in [0.5, 0.6) is 0 Å². The molecule has 0 amide bonds. The summed E-state index contributed by atoms with van der Waals surface area (Å²) >= 11 is 1.83. The zero-order valence-electron chi connectivity index (χ0n) is 13.1. The number of hydrogen-bond donors (Lipinski definition) is 1. The average molecular weight is 299 g/mol. The van der Waals surface area contributed by atoms with E-state index in [1.807, 2.05) is 18.8 Å². The second kappa shape index (κ2) is 8.91. The number of unbranched alkanes of at least 4 members (excludes halogenated alkanes) is 1. The van der Waals surface area contributed by atoms with Crippen molar-refractivity contribution < 1.29 is 0 Å². The molecule has 0 aliphatic carbocycles. The molecule has 2 aromatic rings. The van der Waals surface area contributed by atoms with E-state index in [1.165, 1.54) is 40.8 Å². The largest absolute Gasteiger partial charge is 0.320 e. The maximum absolute atomic E-state index is 3.20. The third-order valence-corrected chi connectivity index (χ3v) is 4.59. The van der Waals surface area contributed by atoms with E-state index in [-0.39, 0.29) is 0 Å². The van der Waals surface area contributed by atoms with Gasteiger partial charge in [0, 0.05) is 4.90 Å². The quantitative estimate of drug-likeness (QED) is 0.567. The lowest BCUT2D eigenvalue weighted by molar-refractivity contribution is 0.677. The van der Waals surface area contributed by atoms with E-state index in [2.05, 4.69) is 60.1 Å². The molecule has 0 atom stereocenters. The first-order chi connectivity index (χ1) is 10.3. The Hall–Kier alpha value is -1.25. The van der Waals surface area contributed by atoms with Gasteiger partial charge in [-0.2, -0.15) is 0 Å². The zero-order valence-corrected chi connectivity index (χ0v) is 13.9. The monoisotopic (exact) mass is 299 g/mol. The lowest BCUT2D eigenvalue weighted by Crippen LogP contribution is -2.07. The molecule has 1 N–H and O–H groups in total. The molecule has 0 aliphatic heterocycles. The summed E-state index contributed by atoms with van der Waals surface area (Å²) in [6.45, 7) is 1.11. The van der Waals surface area contributed by atoms with Gasteiger partial charge in [-0.15, -0.1) is 11.8 Å². The van der Waals surface area contributed by atoms with Crippen molar-refractivity contribution in [1.82, 2.24) is 5.32 Å². The number of benzene rings is 2. The summed E-state index contributed by atoms with van der Waals surface area (Å²) in [5, 5.41) is 3.20. The topological polar surface area (TPSA) is 12.0 Å². The SMILES string of the molecule is CNCCCCc1ccc(Cc2ccccc2SC)cc1. The normalized spacial score (nSPS) is 10.8. The number of aryl methyl sites for hydroxylation is 1. The molecule has 0 radical (unpaired) electrons. The molecule has 0 saturated heterocycles. The van der Waals surface area contributed by atoms with Gasteiger partial charge in [0.2, 0.25) is 0 Å². The molecule has 0 spiro atoms. The Morgan fingerprint density at radius 1 is 0.905 bits per heavy atom. The van der Waals surface area contributed by atoms with Crippen molar-refractivity contribution in [2.24, 2.45) is 0 Å². The minimum atomic E-state index is 1.02. The fourth-order valence-electron chi connectivity index (χ4n) is 2.52. The average Bonchev–Trinajstić information content (AvgIpc) is 2.54. The highest BCUT2D eigenvalue weighted by atomic mass is 32.2. The van der Waals surface area contributed by atoms with E-state index in [0.717, 1.165) is 13.0 Å². The molecule has 2 rings (SSSR count). The highest BCUT2D eigenvalue weighted by molar-refractivity contribution is 7.98. The van der Waals surface area contributed by atoms with E-state index < -0.39 is 0 Å². The smallest absolute Gasteiger partial charge is 0.0105 e. The first kappa shape index (κ1) is 16.1. The van der Waals surface area contributed by atoms with Crippen LogP contribution in [0.1, 0.15) is 29.5 Å². The lowest BCUT2D eigenvalue weighted by atomic mass is 10.0. The van der Waals surface area contributed by atoms with Gasteiger partial charge in [-0.05, 0) is 68.3 Å². The minimum absolute atomic E-state index is 1.02. The molecule has 2 heteroatoms. The van der Waals surface area contributed by atoms with Gasteiger partial charge in [0.15, 0.2) is 0 Å². The van der Waals surface area contributed by atoms with Crippen molar-refractivity contribution in [1.29, 1.82) is 0 Å². The molecule has 0 heterocycles. The molecule has 0 aromatic heterocycles. The molecule has 0 bridgehead atoms. The molecule has 21 heavy (non-hydrogen) atoms. The van der Waals surface area contributed by atoms with Gasteiger partial charge < -0.3 is 5.32 Å². The fraction of sp³-hybridized carbons (Fsp3) is 0.368. The highest BCUT2D eigenvalue weighted by Gasteiger charge is 2.02. The van der Waals surface area contributed by atoms with Crippen molar-refractivity contribution in [2.45, 2.75) is 30.6 Å². The molecule has 2 aromatic carbocycles. The van der Waals surface area contributed by atoms with Gasteiger partial charge in [-0.1, -0.05) is 42.5 Å². The fourth-order valence-corrected chi connectivity index (χ4v) is 3.14. The zero-order chi connectivity index (χ0) is 14.9. The molecule has 0 unspecified atom stereocenters. The Labute approximate surface area is 133 Å². The Morgan fingerprint density at radius 2 is 1.62 bits per heavy atom. The molecular weight excluding hydrogens is 274 g/mol. The third kappa shape index (κ3) is 5.22. The number of hydrogen-bond acceptors (Lipinski definition) is 2. The first-order valence-corrected chi connectivity index (χ1v) is 8.90. The predicted octanol–water partition coefficient (Wildman–Crippen LogP) is 4.54. The maximum atomic E-state index is 3.20. The van der Waals surface area contributed by atoms with E-state index >= 15 is 0 Å². The van der Waals surface area contributed by atoms with Gasteiger partial charge in [0.25, 0.3) is 0 Å². The van der Waals surface area contributed by atoms with Crippen molar-refractivity contribution in [3.8, 4) is 0 Å². The van der Waals surface area contributed by atoms with Crippen LogP contribution in [0.2, 0.25) is 0 Å². The molecule has 0 fully saturated rings. The van der Waals surface area contributed by atoms with Crippen LogP contribution in [0, 0.1) is 0 Å². The van der Waals surface area contributed by atoms with Crippen molar-refractivity contribution in [2.75, 3.05) is 19.8 Å². The number of nitrogens with one attached hydrogen (secondary N) is 1. The Balaban J connectivity index is 1.93. The summed E-state index contributed by atoms with van der Waals surface area (Å²) in [7, 11) is 2.02. The van der Waals surface area contributed by atoms with Crippen LogP contribution in [0.15, 0.2) is 53.4 Å². The van der Waals surface area contributed by atoms with Crippen LogP contribution in [0.3, 0.4) is 0 Å². The molecule has 0 aliphatic rings. The van der Waals surface area contributed by atoms with Gasteiger partial charge >= 0.3 is 0 Å². The van der Waals surface area contributed by atoms with Crippen molar-refractivity contribution in [3.05, 3.63) is 65.2 Å². The van der Waals surface area contributed by atoms with E-state index in [1.54, 1.807) is 0 Å². The standard InChI is InChI=1S/C19H25NS/c1-20-14-6-5-7-16-10-12-17(13-11-16)15-18-8-3-4-9-19(18)21-2/h3-4,8-13,20H,5-7,14-15H2,1-2H3. The number of rotatable bonds is 8. The lowest BCUT2D eigenvalue weighted by Gasteiger charge is -2.08. The van der Waals surface area contributed by atoms with Crippen LogP contribution >= 0.6 is 11.8 Å². The van der Waals surface area contributed by atoms with Gasteiger partial charge in [-0.25, -0.2) is 0 Å². The summed E-state index contributed by atoms with van der Waals surface area (Å²) in [4.78, 5) is 1.38. The highest BCUT2D eigenvalue weighted by Crippen LogP contribution is 2.22. The molecule has 0 saturated carbocycles. The van der Waals surface area contributed by atoms with Gasteiger partial charge in [0.05, 0.1) is 0 Å². The Kier molecular flexibility index (Phi) is 6.84. The summed E-state index contributed by atoms with van der Waals surface area (Å²) in [5.74, 6) is 0. The Morgan fingerprint density at radius 3 is 2.33 bits per heavy atom.